The van der Waals surface area contributed by atoms with Gasteiger partial charge in [0.05, 0.1) is 19.3 Å². The van der Waals surface area contributed by atoms with Crippen LogP contribution in [0.5, 0.6) is 5.75 Å². The third kappa shape index (κ3) is 4.19. The lowest BCUT2D eigenvalue weighted by molar-refractivity contribution is -0.119. The number of carbonyl (C=O) groups is 1. The minimum absolute atomic E-state index is 0.000196. The van der Waals surface area contributed by atoms with Gasteiger partial charge in [-0.15, -0.1) is 0 Å². The number of methoxy groups -OCH3 is 1. The molecule has 0 atom stereocenters. The van der Waals surface area contributed by atoms with Gasteiger partial charge in [-0.25, -0.2) is 0 Å². The Morgan fingerprint density at radius 1 is 1.08 bits per heavy atom. The Bertz CT molecular complexity index is 748. The maximum Gasteiger partial charge on any atom is 0.217 e. The lowest BCUT2D eigenvalue weighted by Gasteiger charge is -2.36. The van der Waals surface area contributed by atoms with E-state index in [0.29, 0.717) is 6.54 Å². The van der Waals surface area contributed by atoms with Crippen molar-refractivity contribution in [2.45, 2.75) is 20.0 Å². The van der Waals surface area contributed by atoms with E-state index in [0.717, 1.165) is 44.2 Å². The molecule has 0 saturated carbocycles. The molecular formula is C20H28N4O2. The largest absolute Gasteiger partial charge is 0.495 e. The molecule has 1 aliphatic heterocycles. The van der Waals surface area contributed by atoms with Crippen LogP contribution in [0.3, 0.4) is 0 Å². The Morgan fingerprint density at radius 2 is 1.77 bits per heavy atom. The van der Waals surface area contributed by atoms with Crippen LogP contribution in [0, 0.1) is 0 Å². The Morgan fingerprint density at radius 3 is 2.46 bits per heavy atom. The molecule has 0 aliphatic carbocycles. The fourth-order valence-corrected chi connectivity index (χ4v) is 3.42. The predicted molar refractivity (Wildman–Crippen MR) is 103 cm³/mol. The van der Waals surface area contributed by atoms with E-state index in [9.17, 15) is 4.79 Å². The first-order valence-electron chi connectivity index (χ1n) is 9.06. The summed E-state index contributed by atoms with van der Waals surface area (Å²) in [6.07, 6.45) is 0. The second-order valence-electron chi connectivity index (χ2n) is 6.72. The number of carbonyl (C=O) groups excluding carboxylic acids is 1. The molecule has 2 heterocycles. The Hall–Kier alpha value is -2.47. The Balaban J connectivity index is 1.57. The molecule has 1 saturated heterocycles. The number of hydrogen-bond donors (Lipinski definition) is 1. The monoisotopic (exact) mass is 356 g/mol. The minimum Gasteiger partial charge on any atom is -0.495 e. The standard InChI is InChI=1S/C20H28N4O2/c1-16(25)21-14-17-8-9-18(22(17)2)15-23-10-12-24(13-11-23)19-6-4-5-7-20(19)26-3/h4-9H,10-15H2,1-3H3,(H,21,25). The third-order valence-electron chi connectivity index (χ3n) is 5.03. The van der Waals surface area contributed by atoms with Crippen LogP contribution in [0.4, 0.5) is 5.69 Å². The molecule has 3 rings (SSSR count). The van der Waals surface area contributed by atoms with Gasteiger partial charge in [-0.3, -0.25) is 9.69 Å². The summed E-state index contributed by atoms with van der Waals surface area (Å²) in [5.41, 5.74) is 3.57. The van der Waals surface area contributed by atoms with E-state index < -0.39 is 0 Å². The number of para-hydroxylation sites is 2. The zero-order valence-corrected chi connectivity index (χ0v) is 15.9. The fourth-order valence-electron chi connectivity index (χ4n) is 3.42. The van der Waals surface area contributed by atoms with Gasteiger partial charge in [-0.1, -0.05) is 12.1 Å². The summed E-state index contributed by atoms with van der Waals surface area (Å²) in [5.74, 6) is 0.936. The zero-order valence-electron chi connectivity index (χ0n) is 15.9. The number of nitrogens with zero attached hydrogens (tertiary/aromatic N) is 3. The number of aromatic nitrogens is 1. The van der Waals surface area contributed by atoms with E-state index in [1.807, 2.05) is 12.1 Å². The molecule has 2 aromatic rings. The molecule has 1 aromatic carbocycles. The van der Waals surface area contributed by atoms with Gasteiger partial charge in [0.2, 0.25) is 5.91 Å². The van der Waals surface area contributed by atoms with E-state index in [2.05, 4.69) is 51.0 Å². The predicted octanol–water partition coefficient (Wildman–Crippen LogP) is 1.99. The van der Waals surface area contributed by atoms with Gasteiger partial charge in [-0.05, 0) is 24.3 Å². The van der Waals surface area contributed by atoms with Gasteiger partial charge in [-0.2, -0.15) is 0 Å². The first-order valence-corrected chi connectivity index (χ1v) is 9.06. The molecule has 26 heavy (non-hydrogen) atoms. The topological polar surface area (TPSA) is 49.7 Å². The molecule has 6 nitrogen and oxygen atoms in total. The number of piperazine rings is 1. The number of benzene rings is 1. The number of amides is 1. The molecule has 6 heteroatoms. The lowest BCUT2D eigenvalue weighted by atomic mass is 10.2. The number of rotatable bonds is 6. The van der Waals surface area contributed by atoms with Gasteiger partial charge in [0, 0.05) is 58.1 Å². The Labute approximate surface area is 155 Å². The summed E-state index contributed by atoms with van der Waals surface area (Å²) in [6.45, 7) is 7.07. The molecular weight excluding hydrogens is 328 g/mol. The lowest BCUT2D eigenvalue weighted by Crippen LogP contribution is -2.46. The first kappa shape index (κ1) is 18.3. The van der Waals surface area contributed by atoms with E-state index in [1.165, 1.54) is 11.4 Å². The number of hydrogen-bond acceptors (Lipinski definition) is 4. The van der Waals surface area contributed by atoms with Gasteiger partial charge < -0.3 is 19.5 Å². The molecule has 1 N–H and O–H groups in total. The number of nitrogens with one attached hydrogen (secondary N) is 1. The highest BCUT2D eigenvalue weighted by Crippen LogP contribution is 2.28. The molecule has 1 aromatic heterocycles. The van der Waals surface area contributed by atoms with Crippen molar-refractivity contribution in [1.29, 1.82) is 0 Å². The first-order chi connectivity index (χ1) is 12.6. The average Bonchev–Trinajstić information content (AvgIpc) is 3.00. The molecule has 0 radical (unpaired) electrons. The van der Waals surface area contributed by atoms with Gasteiger partial charge in [0.15, 0.2) is 0 Å². The van der Waals surface area contributed by atoms with Crippen molar-refractivity contribution in [2.75, 3.05) is 38.2 Å². The van der Waals surface area contributed by atoms with Crippen LogP contribution >= 0.6 is 0 Å². The normalized spacial score (nSPS) is 15.1. The highest BCUT2D eigenvalue weighted by molar-refractivity contribution is 5.72. The molecule has 140 valence electrons. The highest BCUT2D eigenvalue weighted by atomic mass is 16.5. The average molecular weight is 356 g/mol. The van der Waals surface area contributed by atoms with Crippen LogP contribution in [0.15, 0.2) is 36.4 Å². The zero-order chi connectivity index (χ0) is 18.5. The van der Waals surface area contributed by atoms with Crippen molar-refractivity contribution in [3.63, 3.8) is 0 Å². The summed E-state index contributed by atoms with van der Waals surface area (Å²) in [5, 5.41) is 2.86. The SMILES string of the molecule is COc1ccccc1N1CCN(Cc2ccc(CNC(C)=O)n2C)CC1. The van der Waals surface area contributed by atoms with Crippen molar-refractivity contribution < 1.29 is 9.53 Å². The summed E-state index contributed by atoms with van der Waals surface area (Å²) in [4.78, 5) is 16.0. The van der Waals surface area contributed by atoms with Gasteiger partial charge in [0.25, 0.3) is 0 Å². The summed E-state index contributed by atoms with van der Waals surface area (Å²) >= 11 is 0. The second kappa shape index (κ2) is 8.27. The van der Waals surface area contributed by atoms with Crippen molar-refractivity contribution in [3.8, 4) is 5.75 Å². The maximum atomic E-state index is 11.1. The second-order valence-corrected chi connectivity index (χ2v) is 6.72. The van der Waals surface area contributed by atoms with E-state index >= 15 is 0 Å². The third-order valence-corrected chi connectivity index (χ3v) is 5.03. The van der Waals surface area contributed by atoms with Crippen LogP contribution in [-0.2, 0) is 24.9 Å². The summed E-state index contributed by atoms with van der Waals surface area (Å²) in [7, 11) is 3.79. The van der Waals surface area contributed by atoms with Gasteiger partial charge >= 0.3 is 0 Å². The molecule has 0 unspecified atom stereocenters. The van der Waals surface area contributed by atoms with Crippen molar-refractivity contribution in [1.82, 2.24) is 14.8 Å². The quantitative estimate of drug-likeness (QED) is 0.860. The van der Waals surface area contributed by atoms with Crippen LogP contribution in [-0.4, -0.2) is 48.7 Å². The van der Waals surface area contributed by atoms with Crippen LogP contribution in [0.25, 0.3) is 0 Å². The number of ether oxygens (including phenoxy) is 1. The molecule has 1 amide bonds. The Kier molecular flexibility index (Phi) is 5.83. The molecule has 0 spiro atoms. The van der Waals surface area contributed by atoms with Crippen molar-refractivity contribution in [3.05, 3.63) is 47.8 Å². The maximum absolute atomic E-state index is 11.1. The van der Waals surface area contributed by atoms with Crippen molar-refractivity contribution >= 4 is 11.6 Å². The smallest absolute Gasteiger partial charge is 0.217 e. The van der Waals surface area contributed by atoms with Crippen LogP contribution in [0.1, 0.15) is 18.3 Å². The number of anilines is 1. The van der Waals surface area contributed by atoms with E-state index in [1.54, 1.807) is 14.0 Å². The van der Waals surface area contributed by atoms with Crippen LogP contribution < -0.4 is 15.0 Å². The fraction of sp³-hybridized carbons (Fsp3) is 0.450. The minimum atomic E-state index is 0.000196. The van der Waals surface area contributed by atoms with Gasteiger partial charge in [0.1, 0.15) is 5.75 Å². The molecule has 0 bridgehead atoms. The summed E-state index contributed by atoms with van der Waals surface area (Å²) < 4.78 is 7.67. The van der Waals surface area contributed by atoms with E-state index in [-0.39, 0.29) is 5.91 Å². The molecule has 1 fully saturated rings. The molecule has 1 aliphatic rings. The highest BCUT2D eigenvalue weighted by Gasteiger charge is 2.20. The van der Waals surface area contributed by atoms with E-state index in [4.69, 9.17) is 4.74 Å². The van der Waals surface area contributed by atoms with Crippen molar-refractivity contribution in [2.24, 2.45) is 7.05 Å². The van der Waals surface area contributed by atoms with Crippen LogP contribution in [0.2, 0.25) is 0 Å². The summed E-state index contributed by atoms with van der Waals surface area (Å²) in [6, 6.07) is 12.5.